The predicted octanol–water partition coefficient (Wildman–Crippen LogP) is 10.0. The molecule has 10 rings (SSSR count). The van der Waals surface area contributed by atoms with Crippen molar-refractivity contribution in [2.75, 3.05) is 0 Å². The van der Waals surface area contributed by atoms with Gasteiger partial charge in [-0.2, -0.15) is 0 Å². The van der Waals surface area contributed by atoms with E-state index in [1.807, 2.05) is 89.5 Å². The van der Waals surface area contributed by atoms with E-state index < -0.39 is 0 Å². The number of aromatic nitrogens is 4. The minimum atomic E-state index is -0.0852. The van der Waals surface area contributed by atoms with Crippen molar-refractivity contribution in [3.8, 4) is 22.9 Å². The van der Waals surface area contributed by atoms with Gasteiger partial charge in [-0.1, -0.05) is 127 Å². The van der Waals surface area contributed by atoms with E-state index in [0.29, 0.717) is 11.3 Å². The van der Waals surface area contributed by atoms with Crippen molar-refractivity contribution in [2.45, 2.75) is 0 Å². The SMILES string of the molecule is O=c1c2c(ccc3c4c5ccccc5ccc4n(-c4nc(-c5ccccc5)c5ccccc5n4)c32)c2ccccc2n1-c1ccccc1. The molecule has 224 valence electrons. The molecule has 0 atom stereocenters. The zero-order valence-corrected chi connectivity index (χ0v) is 25.7. The monoisotopic (exact) mass is 614 g/mol. The number of rotatable bonds is 3. The van der Waals surface area contributed by atoms with Gasteiger partial charge in [0.2, 0.25) is 5.95 Å². The maximum atomic E-state index is 15.1. The van der Waals surface area contributed by atoms with Crippen LogP contribution in [0.15, 0.2) is 163 Å². The molecule has 3 heterocycles. The quantitative estimate of drug-likeness (QED) is 0.186. The first-order valence-electron chi connectivity index (χ1n) is 16.1. The van der Waals surface area contributed by atoms with Gasteiger partial charge in [0.05, 0.1) is 33.1 Å². The fourth-order valence-electron chi connectivity index (χ4n) is 7.46. The number of para-hydroxylation sites is 3. The van der Waals surface area contributed by atoms with Crippen LogP contribution >= 0.6 is 0 Å². The molecule has 10 aromatic rings. The molecule has 0 saturated heterocycles. The lowest BCUT2D eigenvalue weighted by Gasteiger charge is -2.15. The van der Waals surface area contributed by atoms with Gasteiger partial charge in [-0.15, -0.1) is 0 Å². The Labute approximate surface area is 274 Å². The largest absolute Gasteiger partial charge is 0.277 e. The summed E-state index contributed by atoms with van der Waals surface area (Å²) in [4.78, 5) is 25.6. The second-order valence-corrected chi connectivity index (χ2v) is 12.1. The predicted molar refractivity (Wildman–Crippen MR) is 197 cm³/mol. The van der Waals surface area contributed by atoms with Crippen LogP contribution in [0, 0.1) is 0 Å². The zero-order valence-electron chi connectivity index (χ0n) is 25.7. The van der Waals surface area contributed by atoms with Crippen LogP contribution in [-0.4, -0.2) is 19.1 Å². The number of pyridine rings is 1. The Morgan fingerprint density at radius 1 is 0.438 bits per heavy atom. The van der Waals surface area contributed by atoms with Crippen molar-refractivity contribution in [2.24, 2.45) is 0 Å². The van der Waals surface area contributed by atoms with Crippen LogP contribution in [0.2, 0.25) is 0 Å². The lowest BCUT2D eigenvalue weighted by Crippen LogP contribution is -2.20. The van der Waals surface area contributed by atoms with Gasteiger partial charge in [-0.25, -0.2) is 9.97 Å². The van der Waals surface area contributed by atoms with E-state index in [1.54, 1.807) is 0 Å². The number of fused-ring (bicyclic) bond motifs is 10. The molecule has 0 amide bonds. The Hall–Kier alpha value is -6.59. The minimum absolute atomic E-state index is 0.0852. The van der Waals surface area contributed by atoms with E-state index in [9.17, 15) is 0 Å². The van der Waals surface area contributed by atoms with E-state index in [0.717, 1.165) is 76.7 Å². The summed E-state index contributed by atoms with van der Waals surface area (Å²) < 4.78 is 3.96. The van der Waals surface area contributed by atoms with Crippen molar-refractivity contribution in [3.05, 3.63) is 168 Å². The lowest BCUT2D eigenvalue weighted by atomic mass is 10.00. The topological polar surface area (TPSA) is 52.7 Å². The van der Waals surface area contributed by atoms with Gasteiger partial charge in [0.15, 0.2) is 0 Å². The van der Waals surface area contributed by atoms with Gasteiger partial charge < -0.3 is 0 Å². The second kappa shape index (κ2) is 10.2. The van der Waals surface area contributed by atoms with Crippen molar-refractivity contribution in [3.63, 3.8) is 0 Å². The number of hydrogen-bond donors (Lipinski definition) is 0. The summed E-state index contributed by atoms with van der Waals surface area (Å²) in [6.07, 6.45) is 0. The van der Waals surface area contributed by atoms with Gasteiger partial charge in [0.1, 0.15) is 0 Å². The van der Waals surface area contributed by atoms with Crippen LogP contribution in [0.4, 0.5) is 0 Å². The first kappa shape index (κ1) is 26.6. The van der Waals surface area contributed by atoms with Crippen molar-refractivity contribution < 1.29 is 0 Å². The molecule has 0 aliphatic carbocycles. The van der Waals surface area contributed by atoms with Crippen molar-refractivity contribution >= 4 is 65.2 Å². The molecule has 3 aromatic heterocycles. The summed E-state index contributed by atoms with van der Waals surface area (Å²) in [7, 11) is 0. The molecular formula is C43H26N4O. The van der Waals surface area contributed by atoms with E-state index in [4.69, 9.17) is 9.97 Å². The molecule has 0 bridgehead atoms. The standard InChI is InChI=1S/C43H26N4O/c48-42-39-32(31-19-10-12-22-36(31)46(42)29-16-5-2-6-17-29)24-25-34-38-30-18-8-7-13-27(30)23-26-37(38)47(41(34)39)43-44-35-21-11-9-20-33(35)40(45-43)28-14-3-1-4-15-28/h1-26H. The molecule has 0 aliphatic rings. The summed E-state index contributed by atoms with van der Waals surface area (Å²) in [6.45, 7) is 0. The molecule has 5 heteroatoms. The van der Waals surface area contributed by atoms with Gasteiger partial charge in [0.25, 0.3) is 5.56 Å². The normalized spacial score (nSPS) is 11.8. The smallest absolute Gasteiger partial charge is 0.265 e. The van der Waals surface area contributed by atoms with E-state index in [1.165, 1.54) is 0 Å². The lowest BCUT2D eigenvalue weighted by molar-refractivity contribution is 1.01. The van der Waals surface area contributed by atoms with Crippen LogP contribution in [0.3, 0.4) is 0 Å². The summed E-state index contributed by atoms with van der Waals surface area (Å²) in [5.41, 5.74) is 6.03. The molecule has 0 spiro atoms. The third-order valence-electron chi connectivity index (χ3n) is 9.52. The van der Waals surface area contributed by atoms with E-state index >= 15 is 4.79 Å². The first-order valence-corrected chi connectivity index (χ1v) is 16.1. The molecule has 0 saturated carbocycles. The molecule has 48 heavy (non-hydrogen) atoms. The number of hydrogen-bond acceptors (Lipinski definition) is 3. The molecule has 0 radical (unpaired) electrons. The number of benzene rings is 7. The van der Waals surface area contributed by atoms with Gasteiger partial charge >= 0.3 is 0 Å². The van der Waals surface area contributed by atoms with Crippen LogP contribution in [0.25, 0.3) is 88.0 Å². The van der Waals surface area contributed by atoms with Crippen LogP contribution < -0.4 is 5.56 Å². The maximum Gasteiger partial charge on any atom is 0.265 e. The fraction of sp³-hybridized carbons (Fsp3) is 0. The Balaban J connectivity index is 1.46. The van der Waals surface area contributed by atoms with Gasteiger partial charge in [-0.3, -0.25) is 13.9 Å². The zero-order chi connectivity index (χ0) is 31.8. The van der Waals surface area contributed by atoms with Crippen molar-refractivity contribution in [1.29, 1.82) is 0 Å². The van der Waals surface area contributed by atoms with Crippen LogP contribution in [-0.2, 0) is 0 Å². The molecule has 5 nitrogen and oxygen atoms in total. The Morgan fingerprint density at radius 2 is 1.10 bits per heavy atom. The first-order chi connectivity index (χ1) is 23.8. The highest BCUT2D eigenvalue weighted by molar-refractivity contribution is 6.27. The van der Waals surface area contributed by atoms with Crippen molar-refractivity contribution in [1.82, 2.24) is 19.1 Å². The molecule has 0 aliphatic heterocycles. The molecule has 0 unspecified atom stereocenters. The van der Waals surface area contributed by atoms with Gasteiger partial charge in [0, 0.05) is 32.8 Å². The summed E-state index contributed by atoms with van der Waals surface area (Å²) >= 11 is 0. The van der Waals surface area contributed by atoms with E-state index in [-0.39, 0.29) is 5.56 Å². The number of nitrogens with zero attached hydrogens (tertiary/aromatic N) is 4. The van der Waals surface area contributed by atoms with Gasteiger partial charge in [-0.05, 0) is 46.5 Å². The molecule has 0 N–H and O–H groups in total. The van der Waals surface area contributed by atoms with Crippen LogP contribution in [0.5, 0.6) is 0 Å². The highest BCUT2D eigenvalue weighted by atomic mass is 16.1. The minimum Gasteiger partial charge on any atom is -0.277 e. The summed E-state index contributed by atoms with van der Waals surface area (Å²) in [6, 6.07) is 53.4. The summed E-state index contributed by atoms with van der Waals surface area (Å²) in [5, 5.41) is 7.81. The Morgan fingerprint density at radius 3 is 1.94 bits per heavy atom. The second-order valence-electron chi connectivity index (χ2n) is 12.1. The highest BCUT2D eigenvalue weighted by Gasteiger charge is 2.23. The average molecular weight is 615 g/mol. The average Bonchev–Trinajstić information content (AvgIpc) is 3.50. The molecular weight excluding hydrogens is 589 g/mol. The third-order valence-corrected chi connectivity index (χ3v) is 9.52. The third kappa shape index (κ3) is 3.76. The van der Waals surface area contributed by atoms with E-state index in [2.05, 4.69) is 77.4 Å². The Bertz CT molecular complexity index is 2960. The Kier molecular flexibility index (Phi) is 5.66. The molecule has 0 fully saturated rings. The molecule has 7 aromatic carbocycles. The summed E-state index contributed by atoms with van der Waals surface area (Å²) in [5.74, 6) is 0.522. The highest BCUT2D eigenvalue weighted by Crippen LogP contribution is 2.41. The maximum absolute atomic E-state index is 15.1. The fourth-order valence-corrected chi connectivity index (χ4v) is 7.46. The van der Waals surface area contributed by atoms with Crippen LogP contribution in [0.1, 0.15) is 0 Å².